The molecule has 0 atom stereocenters. The van der Waals surface area contributed by atoms with Gasteiger partial charge in [-0.05, 0) is 43.7 Å². The van der Waals surface area contributed by atoms with Gasteiger partial charge in [0.2, 0.25) is 0 Å². The van der Waals surface area contributed by atoms with Crippen LogP contribution in [-0.2, 0) is 17.9 Å². The number of carbonyl (C=O) groups is 1. The Labute approximate surface area is 205 Å². The van der Waals surface area contributed by atoms with Crippen molar-refractivity contribution in [3.05, 3.63) is 78.6 Å². The zero-order valence-corrected chi connectivity index (χ0v) is 20.5. The van der Waals surface area contributed by atoms with Gasteiger partial charge in [0, 0.05) is 31.0 Å². The largest absolute Gasteiger partial charge is 0.378 e. The highest BCUT2D eigenvalue weighted by Crippen LogP contribution is 2.18. The fraction of sp³-hybridized carbons (Fsp3) is 0.280. The van der Waals surface area contributed by atoms with Crippen molar-refractivity contribution in [2.45, 2.75) is 32.1 Å². The minimum atomic E-state index is -0.210. The minimum Gasteiger partial charge on any atom is -0.378 e. The van der Waals surface area contributed by atoms with E-state index in [9.17, 15) is 4.79 Å². The summed E-state index contributed by atoms with van der Waals surface area (Å²) in [7, 11) is 0. The van der Waals surface area contributed by atoms with Crippen molar-refractivity contribution in [1.29, 1.82) is 0 Å². The Morgan fingerprint density at radius 1 is 1.12 bits per heavy atom. The van der Waals surface area contributed by atoms with Crippen LogP contribution in [0.25, 0.3) is 0 Å². The third kappa shape index (κ3) is 7.21. The molecule has 0 bridgehead atoms. The zero-order valence-electron chi connectivity index (χ0n) is 19.6. The maximum atomic E-state index is 12.3. The van der Waals surface area contributed by atoms with Crippen molar-refractivity contribution < 1.29 is 4.79 Å². The van der Waals surface area contributed by atoms with Gasteiger partial charge in [0.1, 0.15) is 0 Å². The summed E-state index contributed by atoms with van der Waals surface area (Å²) < 4.78 is 1.95. The predicted octanol–water partition coefficient (Wildman–Crippen LogP) is 4.16. The summed E-state index contributed by atoms with van der Waals surface area (Å²) >= 11 is 1.32. The van der Waals surface area contributed by atoms with E-state index in [0.29, 0.717) is 18.2 Å². The van der Waals surface area contributed by atoms with Crippen molar-refractivity contribution in [2.75, 3.05) is 29.1 Å². The van der Waals surface area contributed by atoms with Gasteiger partial charge >= 0.3 is 0 Å². The van der Waals surface area contributed by atoms with E-state index in [-0.39, 0.29) is 11.7 Å². The number of hydrazone groups is 1. The fourth-order valence-electron chi connectivity index (χ4n) is 3.31. The molecule has 178 valence electrons. The molecule has 0 saturated carbocycles. The van der Waals surface area contributed by atoms with Crippen molar-refractivity contribution >= 4 is 35.3 Å². The number of benzene rings is 2. The molecule has 0 aliphatic carbocycles. The van der Waals surface area contributed by atoms with Gasteiger partial charge in [0.25, 0.3) is 5.91 Å². The molecule has 2 aromatic carbocycles. The van der Waals surface area contributed by atoms with Crippen LogP contribution >= 0.6 is 11.8 Å². The van der Waals surface area contributed by atoms with E-state index in [0.717, 1.165) is 30.2 Å². The third-order valence-electron chi connectivity index (χ3n) is 5.09. The average molecular weight is 478 g/mol. The van der Waals surface area contributed by atoms with Gasteiger partial charge in [-0.3, -0.25) is 4.79 Å². The molecule has 3 rings (SSSR count). The highest BCUT2D eigenvalue weighted by atomic mass is 32.2. The number of aromatic nitrogens is 3. The second-order valence-corrected chi connectivity index (χ2v) is 8.31. The van der Waals surface area contributed by atoms with Crippen molar-refractivity contribution in [1.82, 2.24) is 20.2 Å². The molecule has 0 spiro atoms. The Hall–Kier alpha value is -3.59. The quantitative estimate of drug-likeness (QED) is 0.166. The maximum Gasteiger partial charge on any atom is 0.250 e. The molecule has 8 nitrogen and oxygen atoms in total. The molecule has 0 saturated heterocycles. The lowest BCUT2D eigenvalue weighted by atomic mass is 10.2. The first-order valence-electron chi connectivity index (χ1n) is 11.3. The Balaban J connectivity index is 1.51. The highest BCUT2D eigenvalue weighted by molar-refractivity contribution is 7.99. The maximum absolute atomic E-state index is 12.3. The number of thioether (sulfide) groups is 1. The van der Waals surface area contributed by atoms with Crippen LogP contribution in [-0.4, -0.2) is 45.7 Å². The number of hydrogen-bond donors (Lipinski definition) is 2. The molecular weight excluding hydrogens is 446 g/mol. The lowest BCUT2D eigenvalue weighted by Gasteiger charge is -2.20. The first-order chi connectivity index (χ1) is 16.6. The topological polar surface area (TPSA) is 87.4 Å². The van der Waals surface area contributed by atoms with Gasteiger partial charge in [-0.25, -0.2) is 5.43 Å². The van der Waals surface area contributed by atoms with E-state index < -0.39 is 0 Å². The van der Waals surface area contributed by atoms with Crippen LogP contribution in [0.2, 0.25) is 0 Å². The Kier molecular flexibility index (Phi) is 9.72. The van der Waals surface area contributed by atoms with Crippen molar-refractivity contribution in [2.24, 2.45) is 5.10 Å². The molecule has 0 aliphatic rings. The summed E-state index contributed by atoms with van der Waals surface area (Å²) in [5.74, 6) is 0.746. The number of hydrogen-bond acceptors (Lipinski definition) is 7. The molecule has 1 heterocycles. The average Bonchev–Trinajstić information content (AvgIpc) is 3.25. The number of nitrogens with zero attached hydrogens (tertiary/aromatic N) is 5. The Bertz CT molecular complexity index is 1080. The summed E-state index contributed by atoms with van der Waals surface area (Å²) in [5, 5.41) is 16.6. The molecule has 0 radical (unpaired) electrons. The van der Waals surface area contributed by atoms with Crippen LogP contribution in [0.4, 0.5) is 11.4 Å². The third-order valence-corrected chi connectivity index (χ3v) is 6.05. The zero-order chi connectivity index (χ0) is 24.2. The lowest BCUT2D eigenvalue weighted by Crippen LogP contribution is -2.21. The summed E-state index contributed by atoms with van der Waals surface area (Å²) in [6.07, 6.45) is 3.43. The molecule has 1 amide bonds. The van der Waals surface area contributed by atoms with Crippen molar-refractivity contribution in [3.8, 4) is 0 Å². The molecule has 2 N–H and O–H groups in total. The van der Waals surface area contributed by atoms with Crippen LogP contribution in [0.5, 0.6) is 0 Å². The van der Waals surface area contributed by atoms with Gasteiger partial charge in [0.15, 0.2) is 11.0 Å². The van der Waals surface area contributed by atoms with Crippen LogP contribution in [0.1, 0.15) is 25.2 Å². The van der Waals surface area contributed by atoms with E-state index in [1.54, 1.807) is 12.3 Å². The van der Waals surface area contributed by atoms with E-state index in [1.165, 1.54) is 17.4 Å². The van der Waals surface area contributed by atoms with Crippen LogP contribution in [0.3, 0.4) is 0 Å². The second kappa shape index (κ2) is 13.2. The second-order valence-electron chi connectivity index (χ2n) is 7.36. The molecule has 1 aromatic heterocycles. The molecular formula is C25H31N7OS. The number of amides is 1. The number of anilines is 2. The summed E-state index contributed by atoms with van der Waals surface area (Å²) in [5.41, 5.74) is 5.67. The smallest absolute Gasteiger partial charge is 0.250 e. The molecule has 0 fully saturated rings. The minimum absolute atomic E-state index is 0.180. The highest BCUT2D eigenvalue weighted by Gasteiger charge is 2.13. The number of para-hydroxylation sites is 1. The first kappa shape index (κ1) is 25.0. The Morgan fingerprint density at radius 2 is 1.85 bits per heavy atom. The SMILES string of the molecule is C=CCn1c(CNc2ccccc2)nnc1SCC(=O)N/N=C/c1ccc(N(CC)CC)cc1. The summed E-state index contributed by atoms with van der Waals surface area (Å²) in [6, 6.07) is 18.0. The number of rotatable bonds is 13. The van der Waals surface area contributed by atoms with E-state index in [1.807, 2.05) is 47.0 Å². The molecule has 3 aromatic rings. The van der Waals surface area contributed by atoms with Crippen LogP contribution in [0, 0.1) is 0 Å². The monoisotopic (exact) mass is 477 g/mol. The number of nitrogens with one attached hydrogen (secondary N) is 2. The standard InChI is InChI=1S/C25H31N7OS/c1-4-16-32-23(18-26-21-10-8-7-9-11-21)28-30-25(32)34-19-24(33)29-27-17-20-12-14-22(15-13-20)31(5-2)6-3/h4,7-15,17,26H,1,5-6,16,18-19H2,2-3H3,(H,29,33)/b27-17+. The van der Waals surface area contributed by atoms with E-state index >= 15 is 0 Å². The van der Waals surface area contributed by atoms with Gasteiger partial charge in [0.05, 0.1) is 18.5 Å². The number of carbonyl (C=O) groups excluding carboxylic acids is 1. The van der Waals surface area contributed by atoms with Gasteiger partial charge in [-0.1, -0.05) is 48.2 Å². The summed E-state index contributed by atoms with van der Waals surface area (Å²) in [4.78, 5) is 14.5. The predicted molar refractivity (Wildman–Crippen MR) is 140 cm³/mol. The van der Waals surface area contributed by atoms with E-state index in [4.69, 9.17) is 0 Å². The lowest BCUT2D eigenvalue weighted by molar-refractivity contribution is -0.118. The molecule has 9 heteroatoms. The summed E-state index contributed by atoms with van der Waals surface area (Å²) in [6.45, 7) is 11.1. The fourth-order valence-corrected chi connectivity index (χ4v) is 4.07. The van der Waals surface area contributed by atoms with Crippen LogP contribution in [0.15, 0.2) is 77.5 Å². The van der Waals surface area contributed by atoms with Gasteiger partial charge in [-0.15, -0.1) is 16.8 Å². The van der Waals surface area contributed by atoms with Gasteiger partial charge < -0.3 is 14.8 Å². The molecule has 0 unspecified atom stereocenters. The van der Waals surface area contributed by atoms with Crippen LogP contribution < -0.4 is 15.6 Å². The Morgan fingerprint density at radius 3 is 2.53 bits per heavy atom. The number of allylic oxidation sites excluding steroid dienone is 1. The normalized spacial score (nSPS) is 10.9. The van der Waals surface area contributed by atoms with Crippen molar-refractivity contribution in [3.63, 3.8) is 0 Å². The molecule has 34 heavy (non-hydrogen) atoms. The van der Waals surface area contributed by atoms with Gasteiger partial charge in [-0.2, -0.15) is 5.10 Å². The van der Waals surface area contributed by atoms with E-state index in [2.05, 4.69) is 63.5 Å². The molecule has 0 aliphatic heterocycles. The first-order valence-corrected chi connectivity index (χ1v) is 12.2.